The molecule has 0 N–H and O–H groups in total. The number of non-ortho nitro benzene ring substituents is 1. The van der Waals surface area contributed by atoms with E-state index >= 15 is 0 Å². The Morgan fingerprint density at radius 3 is 2.12 bits per heavy atom. The average molecular weight is 431 g/mol. The van der Waals surface area contributed by atoms with Crippen molar-refractivity contribution >= 4 is 34.8 Å². The maximum absolute atomic E-state index is 13.7. The van der Waals surface area contributed by atoms with Crippen LogP contribution in [-0.2, 0) is 9.59 Å². The molecular weight excluding hydrogens is 414 g/mol. The molecule has 3 saturated heterocycles. The topological polar surface area (TPSA) is 118 Å². The van der Waals surface area contributed by atoms with Gasteiger partial charge in [0.15, 0.2) is 17.1 Å². The number of hydrogen-bond donors (Lipinski definition) is 0. The van der Waals surface area contributed by atoms with E-state index in [9.17, 15) is 29.3 Å². The molecule has 32 heavy (non-hydrogen) atoms. The van der Waals surface area contributed by atoms with Crippen LogP contribution in [0.25, 0.3) is 0 Å². The van der Waals surface area contributed by atoms with Crippen LogP contribution in [0.4, 0.5) is 11.4 Å². The molecule has 1 spiro atoms. The number of nitro groups is 1. The van der Waals surface area contributed by atoms with Crippen LogP contribution < -0.4 is 4.90 Å². The van der Waals surface area contributed by atoms with E-state index in [1.54, 1.807) is 29.2 Å². The maximum atomic E-state index is 13.7. The molecule has 3 aliphatic heterocycles. The van der Waals surface area contributed by atoms with E-state index in [2.05, 4.69) is 0 Å². The van der Waals surface area contributed by atoms with Gasteiger partial charge in [0.25, 0.3) is 5.69 Å². The molecule has 3 heterocycles. The first-order valence-electron chi connectivity index (χ1n) is 10.5. The lowest BCUT2D eigenvalue weighted by Crippen LogP contribution is -2.59. The lowest BCUT2D eigenvalue weighted by Gasteiger charge is -2.35. The molecule has 160 valence electrons. The number of ketones is 2. The smallest absolute Gasteiger partial charge is 0.269 e. The number of carbonyl (C=O) groups excluding carboxylic acids is 4. The fraction of sp³-hybridized carbons (Fsp3) is 0.304. The molecule has 3 atom stereocenters. The van der Waals surface area contributed by atoms with Crippen molar-refractivity contribution in [3.05, 3.63) is 69.8 Å². The number of nitro benzene ring substituents is 1. The number of hydrogen-bond acceptors (Lipinski definition) is 7. The second-order valence-electron chi connectivity index (χ2n) is 8.66. The van der Waals surface area contributed by atoms with E-state index in [4.69, 9.17) is 0 Å². The molecule has 9 heteroatoms. The standard InChI is InChI=1S/C23H17N3O6/c27-19-14-4-1-2-5-15(14)20(28)23(19)18-17(16-6-3-11-24(16)23)21(29)25(22(18)30)12-7-9-13(10-8-12)26(31)32/h1-2,4-5,7-10,16-18H,3,6,11H2/t16?,17-,18+/m1/s1. The summed E-state index contributed by atoms with van der Waals surface area (Å²) < 4.78 is 0. The van der Waals surface area contributed by atoms with Gasteiger partial charge in [0, 0.05) is 29.3 Å². The van der Waals surface area contributed by atoms with Gasteiger partial charge in [-0.15, -0.1) is 0 Å². The summed E-state index contributed by atoms with van der Waals surface area (Å²) in [6, 6.07) is 11.3. The lowest BCUT2D eigenvalue weighted by atomic mass is 9.76. The largest absolute Gasteiger partial charge is 0.291 e. The molecule has 0 saturated carbocycles. The number of benzene rings is 2. The summed E-state index contributed by atoms with van der Waals surface area (Å²) in [6.07, 6.45) is 1.35. The minimum Gasteiger partial charge on any atom is -0.291 e. The van der Waals surface area contributed by atoms with Crippen molar-refractivity contribution < 1.29 is 24.1 Å². The van der Waals surface area contributed by atoms with Crippen LogP contribution in [-0.4, -0.2) is 51.3 Å². The van der Waals surface area contributed by atoms with Crippen LogP contribution in [0, 0.1) is 22.0 Å². The van der Waals surface area contributed by atoms with Gasteiger partial charge < -0.3 is 0 Å². The monoisotopic (exact) mass is 431 g/mol. The highest BCUT2D eigenvalue weighted by molar-refractivity contribution is 6.37. The van der Waals surface area contributed by atoms with E-state index in [0.717, 1.165) is 11.3 Å². The van der Waals surface area contributed by atoms with Crippen molar-refractivity contribution in [2.45, 2.75) is 24.4 Å². The summed E-state index contributed by atoms with van der Waals surface area (Å²) in [5, 5.41) is 11.0. The Morgan fingerprint density at radius 2 is 1.53 bits per heavy atom. The predicted octanol–water partition coefficient (Wildman–Crippen LogP) is 2.00. The van der Waals surface area contributed by atoms with Crippen LogP contribution in [0.2, 0.25) is 0 Å². The van der Waals surface area contributed by atoms with Crippen molar-refractivity contribution in [1.29, 1.82) is 0 Å². The molecule has 0 bridgehead atoms. The van der Waals surface area contributed by atoms with Crippen LogP contribution in [0.1, 0.15) is 33.6 Å². The lowest BCUT2D eigenvalue weighted by molar-refractivity contribution is -0.384. The SMILES string of the molecule is O=C1[C@@H]2C3CCCN3C3(C(=O)c4ccccc4C3=O)[C@@H]2C(=O)N1c1ccc([N+](=O)[O-])cc1. The first-order valence-corrected chi connectivity index (χ1v) is 10.5. The average Bonchev–Trinajstić information content (AvgIpc) is 3.49. The molecule has 9 nitrogen and oxygen atoms in total. The highest BCUT2D eigenvalue weighted by Crippen LogP contribution is 2.57. The summed E-state index contributed by atoms with van der Waals surface area (Å²) in [5.41, 5.74) is -1.08. The summed E-state index contributed by atoms with van der Waals surface area (Å²) in [7, 11) is 0. The van der Waals surface area contributed by atoms with E-state index in [0.29, 0.717) is 13.0 Å². The van der Waals surface area contributed by atoms with Gasteiger partial charge in [-0.3, -0.25) is 34.2 Å². The summed E-state index contributed by atoms with van der Waals surface area (Å²) in [6.45, 7) is 0.473. The Hall–Kier alpha value is -3.72. The third-order valence-corrected chi connectivity index (χ3v) is 7.40. The Labute approximate surface area is 181 Å². The molecule has 6 rings (SSSR count). The fourth-order valence-electron chi connectivity index (χ4n) is 6.21. The summed E-state index contributed by atoms with van der Waals surface area (Å²) in [5.74, 6) is -3.80. The van der Waals surface area contributed by atoms with Crippen molar-refractivity contribution in [3.63, 3.8) is 0 Å². The zero-order valence-electron chi connectivity index (χ0n) is 16.8. The van der Waals surface area contributed by atoms with Gasteiger partial charge in [-0.2, -0.15) is 0 Å². The molecule has 1 aliphatic carbocycles. The number of rotatable bonds is 2. The summed E-state index contributed by atoms with van der Waals surface area (Å²) in [4.78, 5) is 67.8. The Kier molecular flexibility index (Phi) is 3.66. The normalized spacial score (nSPS) is 27.9. The van der Waals surface area contributed by atoms with Crippen LogP contribution in [0.15, 0.2) is 48.5 Å². The van der Waals surface area contributed by atoms with E-state index in [1.807, 2.05) is 0 Å². The van der Waals surface area contributed by atoms with Gasteiger partial charge in [-0.25, -0.2) is 4.90 Å². The molecule has 2 amide bonds. The van der Waals surface area contributed by atoms with Gasteiger partial charge in [0.05, 0.1) is 22.4 Å². The van der Waals surface area contributed by atoms with Gasteiger partial charge in [-0.05, 0) is 31.5 Å². The van der Waals surface area contributed by atoms with E-state index in [1.165, 1.54) is 24.3 Å². The van der Waals surface area contributed by atoms with Crippen LogP contribution >= 0.6 is 0 Å². The second-order valence-corrected chi connectivity index (χ2v) is 8.66. The van der Waals surface area contributed by atoms with Crippen molar-refractivity contribution in [3.8, 4) is 0 Å². The molecule has 4 aliphatic rings. The quantitative estimate of drug-likeness (QED) is 0.309. The van der Waals surface area contributed by atoms with Gasteiger partial charge >= 0.3 is 0 Å². The minimum absolute atomic E-state index is 0.164. The first kappa shape index (κ1) is 19.0. The molecule has 1 unspecified atom stereocenters. The summed E-state index contributed by atoms with van der Waals surface area (Å²) >= 11 is 0. The Morgan fingerprint density at radius 1 is 0.906 bits per heavy atom. The zero-order chi connectivity index (χ0) is 22.4. The number of Topliss-reactive ketones (excluding diaryl/α,β-unsaturated/α-hetero) is 2. The molecule has 2 aromatic rings. The molecule has 0 aromatic heterocycles. The molecular formula is C23H17N3O6. The third-order valence-electron chi connectivity index (χ3n) is 7.40. The van der Waals surface area contributed by atoms with E-state index in [-0.39, 0.29) is 28.5 Å². The maximum Gasteiger partial charge on any atom is 0.269 e. The third kappa shape index (κ3) is 2.02. The second kappa shape index (κ2) is 6.17. The number of carbonyl (C=O) groups is 4. The fourth-order valence-corrected chi connectivity index (χ4v) is 6.21. The number of anilines is 1. The Bertz CT molecular complexity index is 1220. The van der Waals surface area contributed by atoms with Crippen LogP contribution in [0.5, 0.6) is 0 Å². The number of imide groups is 1. The zero-order valence-corrected chi connectivity index (χ0v) is 16.8. The van der Waals surface area contributed by atoms with Gasteiger partial charge in [0.2, 0.25) is 11.8 Å². The number of nitrogens with zero attached hydrogens (tertiary/aromatic N) is 3. The Balaban J connectivity index is 1.50. The van der Waals surface area contributed by atoms with Crippen molar-refractivity contribution in [1.82, 2.24) is 4.90 Å². The van der Waals surface area contributed by atoms with Gasteiger partial charge in [-0.1, -0.05) is 24.3 Å². The van der Waals surface area contributed by atoms with Crippen molar-refractivity contribution in [2.24, 2.45) is 11.8 Å². The highest BCUT2D eigenvalue weighted by atomic mass is 16.6. The van der Waals surface area contributed by atoms with Crippen LogP contribution in [0.3, 0.4) is 0 Å². The van der Waals surface area contributed by atoms with E-state index < -0.39 is 45.7 Å². The minimum atomic E-state index is -1.70. The first-order chi connectivity index (χ1) is 15.4. The van der Waals surface area contributed by atoms with Crippen molar-refractivity contribution in [2.75, 3.05) is 11.4 Å². The highest BCUT2D eigenvalue weighted by Gasteiger charge is 2.76. The molecule has 3 fully saturated rings. The van der Waals surface area contributed by atoms with Gasteiger partial charge in [0.1, 0.15) is 0 Å². The number of amides is 2. The molecule has 0 radical (unpaired) electrons. The predicted molar refractivity (Wildman–Crippen MR) is 110 cm³/mol. The molecule has 2 aromatic carbocycles. The number of fused-ring (bicyclic) bond motifs is 6.